The highest BCUT2D eigenvalue weighted by Crippen LogP contribution is 2.17. The molecular formula is C9H20ClNO2. The predicted molar refractivity (Wildman–Crippen MR) is 56.0 cm³/mol. The number of rotatable bonds is 5. The summed E-state index contributed by atoms with van der Waals surface area (Å²) in [6, 6.07) is 0. The first kappa shape index (κ1) is 15.2. The normalized spacial score (nSPS) is 10.5. The molecule has 3 nitrogen and oxygen atoms in total. The number of ether oxygens (including phenoxy) is 1. The van der Waals surface area contributed by atoms with Gasteiger partial charge in [-0.3, -0.25) is 4.79 Å². The number of hydrogen-bond donors (Lipinski definition) is 1. The molecular weight excluding hydrogens is 190 g/mol. The van der Waals surface area contributed by atoms with Crippen LogP contribution in [0.3, 0.4) is 0 Å². The molecule has 0 spiro atoms. The molecule has 0 aromatic heterocycles. The van der Waals surface area contributed by atoms with Gasteiger partial charge in [-0.2, -0.15) is 0 Å². The quantitative estimate of drug-likeness (QED) is 0.704. The third-order valence-corrected chi connectivity index (χ3v) is 2.46. The Morgan fingerprint density at radius 3 is 2.15 bits per heavy atom. The van der Waals surface area contributed by atoms with Crippen molar-refractivity contribution >= 4 is 18.4 Å². The summed E-state index contributed by atoms with van der Waals surface area (Å²) in [5.41, 5.74) is 5.81. The largest absolute Gasteiger partial charge is 0.469 e. The molecule has 0 aliphatic carbocycles. The second-order valence-electron chi connectivity index (χ2n) is 3.15. The van der Waals surface area contributed by atoms with Gasteiger partial charge in [0.2, 0.25) is 0 Å². The third kappa shape index (κ3) is 5.88. The van der Waals surface area contributed by atoms with E-state index >= 15 is 0 Å². The highest BCUT2D eigenvalue weighted by molar-refractivity contribution is 5.85. The van der Waals surface area contributed by atoms with E-state index in [-0.39, 0.29) is 23.9 Å². The van der Waals surface area contributed by atoms with Gasteiger partial charge in [0.15, 0.2) is 0 Å². The highest BCUT2D eigenvalue weighted by atomic mass is 35.5. The Bertz CT molecular complexity index is 147. The second kappa shape index (κ2) is 7.15. The SMILES string of the molecule is CCC(N)(CC)CCC(=O)OC.Cl. The summed E-state index contributed by atoms with van der Waals surface area (Å²) in [5.74, 6) is -0.174. The van der Waals surface area contributed by atoms with E-state index in [0.29, 0.717) is 12.8 Å². The highest BCUT2D eigenvalue weighted by Gasteiger charge is 2.21. The van der Waals surface area contributed by atoms with Crippen molar-refractivity contribution in [1.82, 2.24) is 0 Å². The number of esters is 1. The van der Waals surface area contributed by atoms with Gasteiger partial charge in [0, 0.05) is 12.0 Å². The molecule has 0 radical (unpaired) electrons. The number of carbonyl (C=O) groups excluding carboxylic acids is 1. The summed E-state index contributed by atoms with van der Waals surface area (Å²) in [6.07, 6.45) is 2.95. The summed E-state index contributed by atoms with van der Waals surface area (Å²) < 4.78 is 4.54. The molecule has 0 atom stereocenters. The fraction of sp³-hybridized carbons (Fsp3) is 0.889. The molecule has 2 N–H and O–H groups in total. The zero-order valence-corrected chi connectivity index (χ0v) is 9.45. The van der Waals surface area contributed by atoms with Gasteiger partial charge in [-0.1, -0.05) is 13.8 Å². The van der Waals surface area contributed by atoms with Gasteiger partial charge < -0.3 is 10.5 Å². The van der Waals surface area contributed by atoms with Crippen molar-refractivity contribution < 1.29 is 9.53 Å². The zero-order valence-electron chi connectivity index (χ0n) is 8.63. The Morgan fingerprint density at radius 2 is 1.85 bits per heavy atom. The standard InChI is InChI=1S/C9H19NO2.ClH/c1-4-9(10,5-2)7-6-8(11)12-3;/h4-7,10H2,1-3H3;1H. The second-order valence-corrected chi connectivity index (χ2v) is 3.15. The van der Waals surface area contributed by atoms with Crippen LogP contribution in [0.2, 0.25) is 0 Å². The van der Waals surface area contributed by atoms with Crippen LogP contribution in [0.15, 0.2) is 0 Å². The van der Waals surface area contributed by atoms with Crippen molar-refractivity contribution in [1.29, 1.82) is 0 Å². The van der Waals surface area contributed by atoms with Gasteiger partial charge in [-0.15, -0.1) is 12.4 Å². The van der Waals surface area contributed by atoms with Crippen molar-refractivity contribution in [3.63, 3.8) is 0 Å². The van der Waals surface area contributed by atoms with Gasteiger partial charge in [0.25, 0.3) is 0 Å². The first-order valence-electron chi connectivity index (χ1n) is 4.43. The van der Waals surface area contributed by atoms with E-state index in [1.165, 1.54) is 7.11 Å². The van der Waals surface area contributed by atoms with Gasteiger partial charge in [0.1, 0.15) is 0 Å². The molecule has 0 aliphatic heterocycles. The predicted octanol–water partition coefficient (Wildman–Crippen LogP) is 1.88. The van der Waals surface area contributed by atoms with Gasteiger partial charge in [-0.05, 0) is 19.3 Å². The molecule has 0 aromatic carbocycles. The van der Waals surface area contributed by atoms with Crippen LogP contribution in [0.25, 0.3) is 0 Å². The molecule has 0 aromatic rings. The molecule has 0 saturated carbocycles. The van der Waals surface area contributed by atoms with Gasteiger partial charge >= 0.3 is 5.97 Å². The van der Waals surface area contributed by atoms with Crippen molar-refractivity contribution in [3.05, 3.63) is 0 Å². The van der Waals surface area contributed by atoms with Crippen molar-refractivity contribution in [2.24, 2.45) is 5.73 Å². The van der Waals surface area contributed by atoms with Crippen LogP contribution in [-0.2, 0) is 9.53 Å². The van der Waals surface area contributed by atoms with Crippen LogP contribution in [0, 0.1) is 0 Å². The van der Waals surface area contributed by atoms with Crippen molar-refractivity contribution in [2.75, 3.05) is 7.11 Å². The van der Waals surface area contributed by atoms with Crippen molar-refractivity contribution in [2.45, 2.75) is 45.1 Å². The molecule has 0 amide bonds. The minimum Gasteiger partial charge on any atom is -0.469 e. The lowest BCUT2D eigenvalue weighted by atomic mass is 9.89. The number of halogens is 1. The Morgan fingerprint density at radius 1 is 1.38 bits per heavy atom. The fourth-order valence-corrected chi connectivity index (χ4v) is 1.06. The lowest BCUT2D eigenvalue weighted by molar-refractivity contribution is -0.141. The molecule has 0 rings (SSSR count). The molecule has 0 heterocycles. The fourth-order valence-electron chi connectivity index (χ4n) is 1.06. The van der Waals surface area contributed by atoms with E-state index < -0.39 is 0 Å². The summed E-state index contributed by atoms with van der Waals surface area (Å²) in [7, 11) is 1.40. The summed E-state index contributed by atoms with van der Waals surface area (Å²) in [6.45, 7) is 4.08. The molecule has 0 aliphatic rings. The van der Waals surface area contributed by atoms with E-state index in [1.54, 1.807) is 0 Å². The van der Waals surface area contributed by atoms with E-state index in [4.69, 9.17) is 5.73 Å². The summed E-state index contributed by atoms with van der Waals surface area (Å²) in [5, 5.41) is 0. The van der Waals surface area contributed by atoms with Crippen LogP contribution in [0.5, 0.6) is 0 Å². The molecule has 80 valence electrons. The molecule has 0 fully saturated rings. The maximum atomic E-state index is 10.8. The Balaban J connectivity index is 0. The maximum absolute atomic E-state index is 10.8. The zero-order chi connectivity index (χ0) is 9.61. The smallest absolute Gasteiger partial charge is 0.305 e. The average Bonchev–Trinajstić information content (AvgIpc) is 2.13. The molecule has 0 saturated heterocycles. The Labute approximate surface area is 86.4 Å². The maximum Gasteiger partial charge on any atom is 0.305 e. The van der Waals surface area contributed by atoms with E-state index in [9.17, 15) is 4.79 Å². The topological polar surface area (TPSA) is 52.3 Å². The van der Waals surface area contributed by atoms with Crippen molar-refractivity contribution in [3.8, 4) is 0 Å². The van der Waals surface area contributed by atoms with E-state index in [0.717, 1.165) is 12.8 Å². The third-order valence-electron chi connectivity index (χ3n) is 2.46. The van der Waals surface area contributed by atoms with E-state index in [1.807, 2.05) is 13.8 Å². The lowest BCUT2D eigenvalue weighted by Gasteiger charge is -2.25. The molecule has 13 heavy (non-hydrogen) atoms. The average molecular weight is 210 g/mol. The number of nitrogens with two attached hydrogens (primary N) is 1. The monoisotopic (exact) mass is 209 g/mol. The minimum atomic E-state index is -0.186. The van der Waals surface area contributed by atoms with Crippen LogP contribution in [0.4, 0.5) is 0 Å². The van der Waals surface area contributed by atoms with Crippen LogP contribution in [0.1, 0.15) is 39.5 Å². The Kier molecular flexibility index (Phi) is 8.37. The van der Waals surface area contributed by atoms with Gasteiger partial charge in [0.05, 0.1) is 7.11 Å². The summed E-state index contributed by atoms with van der Waals surface area (Å²) in [4.78, 5) is 10.8. The number of hydrogen-bond acceptors (Lipinski definition) is 3. The molecule has 0 bridgehead atoms. The van der Waals surface area contributed by atoms with Gasteiger partial charge in [-0.25, -0.2) is 0 Å². The Hall–Kier alpha value is -0.280. The number of carbonyl (C=O) groups is 1. The summed E-state index contributed by atoms with van der Waals surface area (Å²) >= 11 is 0. The minimum absolute atomic E-state index is 0. The van der Waals surface area contributed by atoms with Crippen LogP contribution >= 0.6 is 12.4 Å². The number of methoxy groups -OCH3 is 1. The molecule has 0 unspecified atom stereocenters. The first-order valence-corrected chi connectivity index (χ1v) is 4.43. The van der Waals surface area contributed by atoms with Crippen LogP contribution in [-0.4, -0.2) is 18.6 Å². The molecule has 4 heteroatoms. The first-order chi connectivity index (χ1) is 5.58. The van der Waals surface area contributed by atoms with Crippen LogP contribution < -0.4 is 5.73 Å². The lowest BCUT2D eigenvalue weighted by Crippen LogP contribution is -2.38. The van der Waals surface area contributed by atoms with E-state index in [2.05, 4.69) is 4.74 Å².